The maximum Gasteiger partial charge on any atom is 0.325 e. The first-order valence-electron chi connectivity index (χ1n) is 12.3. The maximum atomic E-state index is 14.2. The number of para-hydroxylation sites is 1. The van der Waals surface area contributed by atoms with E-state index in [1.165, 1.54) is 6.07 Å². The van der Waals surface area contributed by atoms with Gasteiger partial charge in [-0.1, -0.05) is 29.8 Å². The van der Waals surface area contributed by atoms with Crippen LogP contribution in [0, 0.1) is 5.82 Å². The molecule has 2 atom stereocenters. The van der Waals surface area contributed by atoms with Gasteiger partial charge in [-0.2, -0.15) is 0 Å². The van der Waals surface area contributed by atoms with Gasteiger partial charge in [0.1, 0.15) is 11.6 Å². The van der Waals surface area contributed by atoms with Crippen LogP contribution in [0.25, 0.3) is 0 Å². The van der Waals surface area contributed by atoms with Crippen molar-refractivity contribution in [1.29, 1.82) is 0 Å². The molecule has 37 heavy (non-hydrogen) atoms. The molecule has 3 aliphatic heterocycles. The number of halogens is 2. The number of carbonyl (C=O) groups is 2. The standard InChI is InChI=1S/C28H26ClFN4O3/c1-28-17-23(21-16-19(29)9-10-25(21)37-28)31-27(36)34(28)20-6-4-5-18(15-20)26(35)33-13-11-32(12-14-33)24-8-3-2-7-22(24)30/h2-10,15-16,23H,11-14,17H2,1H3,(H,31,36). The molecule has 1 N–H and O–H groups in total. The van der Waals surface area contributed by atoms with Crippen LogP contribution in [0.2, 0.25) is 5.02 Å². The van der Waals surface area contributed by atoms with Gasteiger partial charge in [0, 0.05) is 48.7 Å². The van der Waals surface area contributed by atoms with Crippen LogP contribution >= 0.6 is 11.6 Å². The minimum absolute atomic E-state index is 0.125. The second kappa shape index (κ2) is 8.95. The number of anilines is 2. The minimum atomic E-state index is -0.930. The van der Waals surface area contributed by atoms with Gasteiger partial charge < -0.3 is 19.9 Å². The number of nitrogens with one attached hydrogen (secondary N) is 1. The number of urea groups is 1. The van der Waals surface area contributed by atoms with Crippen LogP contribution in [0.3, 0.4) is 0 Å². The number of carbonyl (C=O) groups excluding carboxylic acids is 2. The molecule has 0 spiro atoms. The molecule has 7 nitrogen and oxygen atoms in total. The first-order chi connectivity index (χ1) is 17.8. The molecule has 6 rings (SSSR count). The van der Waals surface area contributed by atoms with E-state index in [4.69, 9.17) is 16.3 Å². The number of piperazine rings is 1. The first kappa shape index (κ1) is 23.6. The largest absolute Gasteiger partial charge is 0.467 e. The Hall–Kier alpha value is -3.78. The van der Waals surface area contributed by atoms with Gasteiger partial charge in [-0.15, -0.1) is 0 Å². The minimum Gasteiger partial charge on any atom is -0.467 e. The van der Waals surface area contributed by atoms with Gasteiger partial charge in [0.05, 0.1) is 17.4 Å². The van der Waals surface area contributed by atoms with Crippen molar-refractivity contribution in [3.63, 3.8) is 0 Å². The van der Waals surface area contributed by atoms with Crippen LogP contribution < -0.4 is 19.9 Å². The van der Waals surface area contributed by atoms with Crippen molar-refractivity contribution >= 4 is 34.9 Å². The summed E-state index contributed by atoms with van der Waals surface area (Å²) >= 11 is 6.17. The molecule has 2 saturated heterocycles. The summed E-state index contributed by atoms with van der Waals surface area (Å²) in [5.41, 5.74) is 1.54. The average Bonchev–Trinajstić information content (AvgIpc) is 2.89. The zero-order valence-electron chi connectivity index (χ0n) is 20.3. The van der Waals surface area contributed by atoms with Gasteiger partial charge >= 0.3 is 6.03 Å². The van der Waals surface area contributed by atoms with E-state index in [-0.39, 0.29) is 23.8 Å². The summed E-state index contributed by atoms with van der Waals surface area (Å²) in [4.78, 5) is 31.9. The van der Waals surface area contributed by atoms with E-state index < -0.39 is 5.72 Å². The second-order valence-corrected chi connectivity index (χ2v) is 10.2. The summed E-state index contributed by atoms with van der Waals surface area (Å²) in [5, 5.41) is 3.65. The fourth-order valence-corrected chi connectivity index (χ4v) is 5.74. The molecule has 0 aliphatic carbocycles. The first-order valence-corrected chi connectivity index (χ1v) is 12.7. The zero-order chi connectivity index (χ0) is 25.7. The summed E-state index contributed by atoms with van der Waals surface area (Å²) in [5.74, 6) is 0.286. The Labute approximate surface area is 219 Å². The Balaban J connectivity index is 1.21. The predicted octanol–water partition coefficient (Wildman–Crippen LogP) is 5.21. The third-order valence-electron chi connectivity index (χ3n) is 7.35. The molecule has 2 bridgehead atoms. The number of rotatable bonds is 3. The molecule has 0 radical (unpaired) electrons. The van der Waals surface area contributed by atoms with E-state index in [2.05, 4.69) is 5.32 Å². The summed E-state index contributed by atoms with van der Waals surface area (Å²) in [7, 11) is 0. The average molecular weight is 521 g/mol. The Morgan fingerprint density at radius 1 is 1.05 bits per heavy atom. The van der Waals surface area contributed by atoms with Crippen molar-refractivity contribution < 1.29 is 18.7 Å². The number of nitrogens with zero attached hydrogens (tertiary/aromatic N) is 3. The Kier molecular flexibility index (Phi) is 5.71. The molecule has 2 fully saturated rings. The smallest absolute Gasteiger partial charge is 0.325 e. The fraction of sp³-hybridized carbons (Fsp3) is 0.286. The molecular formula is C28H26ClFN4O3. The van der Waals surface area contributed by atoms with E-state index in [0.717, 1.165) is 5.56 Å². The van der Waals surface area contributed by atoms with E-state index >= 15 is 0 Å². The Bertz CT molecular complexity index is 1390. The molecule has 3 amide bonds. The van der Waals surface area contributed by atoms with Crippen LogP contribution in [-0.4, -0.2) is 48.7 Å². The molecule has 3 aromatic carbocycles. The summed E-state index contributed by atoms with van der Waals surface area (Å²) in [6.45, 7) is 3.91. The van der Waals surface area contributed by atoms with Crippen molar-refractivity contribution in [2.75, 3.05) is 36.0 Å². The van der Waals surface area contributed by atoms with Gasteiger partial charge in [0.15, 0.2) is 5.72 Å². The predicted molar refractivity (Wildman–Crippen MR) is 140 cm³/mol. The Morgan fingerprint density at radius 3 is 2.62 bits per heavy atom. The van der Waals surface area contributed by atoms with Gasteiger partial charge in [-0.3, -0.25) is 9.69 Å². The zero-order valence-corrected chi connectivity index (χ0v) is 21.0. The number of ether oxygens (including phenoxy) is 1. The van der Waals surface area contributed by atoms with Gasteiger partial charge in [0.2, 0.25) is 0 Å². The topological polar surface area (TPSA) is 65.1 Å². The lowest BCUT2D eigenvalue weighted by Crippen LogP contribution is -2.65. The summed E-state index contributed by atoms with van der Waals surface area (Å²) in [6, 6.07) is 18.6. The van der Waals surface area contributed by atoms with Crippen molar-refractivity contribution in [2.45, 2.75) is 25.1 Å². The molecule has 3 heterocycles. The molecule has 9 heteroatoms. The fourth-order valence-electron chi connectivity index (χ4n) is 5.56. The van der Waals surface area contributed by atoms with Crippen LogP contribution in [-0.2, 0) is 0 Å². The highest BCUT2D eigenvalue weighted by Gasteiger charge is 2.50. The monoisotopic (exact) mass is 520 g/mol. The quantitative estimate of drug-likeness (QED) is 0.515. The van der Waals surface area contributed by atoms with Crippen molar-refractivity contribution in [2.24, 2.45) is 0 Å². The SMILES string of the molecule is CC12CC(NC(=O)N1c1cccc(C(=O)N3CCN(c4ccccc4F)CC3)c1)c1cc(Cl)ccc1O2. The number of amides is 3. The summed E-state index contributed by atoms with van der Waals surface area (Å²) < 4.78 is 20.5. The number of benzene rings is 3. The van der Waals surface area contributed by atoms with Crippen molar-refractivity contribution in [1.82, 2.24) is 10.2 Å². The van der Waals surface area contributed by atoms with Gasteiger partial charge in [0.25, 0.3) is 5.91 Å². The highest BCUT2D eigenvalue weighted by Crippen LogP contribution is 2.46. The molecule has 2 unspecified atom stereocenters. The number of hydrogen-bond donors (Lipinski definition) is 1. The van der Waals surface area contributed by atoms with Crippen LogP contribution in [0.5, 0.6) is 5.75 Å². The molecule has 3 aromatic rings. The lowest BCUT2D eigenvalue weighted by Gasteiger charge is -2.50. The Morgan fingerprint density at radius 2 is 1.84 bits per heavy atom. The van der Waals surface area contributed by atoms with E-state index in [1.807, 2.05) is 30.0 Å². The lowest BCUT2D eigenvalue weighted by atomic mass is 9.90. The third kappa shape index (κ3) is 4.15. The molecule has 3 aliphatic rings. The van der Waals surface area contributed by atoms with E-state index in [9.17, 15) is 14.0 Å². The summed E-state index contributed by atoms with van der Waals surface area (Å²) in [6.07, 6.45) is 0.530. The lowest BCUT2D eigenvalue weighted by molar-refractivity contribution is 0.0378. The maximum absolute atomic E-state index is 14.2. The van der Waals surface area contributed by atoms with Gasteiger partial charge in [-0.05, 0) is 55.5 Å². The van der Waals surface area contributed by atoms with E-state index in [0.29, 0.717) is 60.3 Å². The van der Waals surface area contributed by atoms with Crippen LogP contribution in [0.4, 0.5) is 20.6 Å². The van der Waals surface area contributed by atoms with Crippen LogP contribution in [0.1, 0.15) is 35.3 Å². The van der Waals surface area contributed by atoms with E-state index in [1.54, 1.807) is 52.3 Å². The number of hydrogen-bond acceptors (Lipinski definition) is 4. The van der Waals surface area contributed by atoms with Gasteiger partial charge in [-0.25, -0.2) is 9.18 Å². The number of fused-ring (bicyclic) bond motifs is 4. The second-order valence-electron chi connectivity index (χ2n) is 9.78. The van der Waals surface area contributed by atoms with Crippen molar-refractivity contribution in [3.8, 4) is 5.75 Å². The normalized spacial score (nSPS) is 22.7. The molecule has 0 saturated carbocycles. The molecule has 190 valence electrons. The molecular weight excluding hydrogens is 495 g/mol. The highest BCUT2D eigenvalue weighted by molar-refractivity contribution is 6.30. The molecule has 0 aromatic heterocycles. The highest BCUT2D eigenvalue weighted by atomic mass is 35.5. The van der Waals surface area contributed by atoms with Crippen LogP contribution in [0.15, 0.2) is 66.7 Å². The van der Waals surface area contributed by atoms with Crippen molar-refractivity contribution in [3.05, 3.63) is 88.7 Å². The third-order valence-corrected chi connectivity index (χ3v) is 7.58.